The van der Waals surface area contributed by atoms with Gasteiger partial charge in [-0.3, -0.25) is 4.79 Å². The second-order valence-electron chi connectivity index (χ2n) is 5.19. The van der Waals surface area contributed by atoms with E-state index in [0.29, 0.717) is 6.54 Å². The lowest BCUT2D eigenvalue weighted by molar-refractivity contribution is 0.0992. The van der Waals surface area contributed by atoms with Crippen molar-refractivity contribution in [1.29, 1.82) is 0 Å². The summed E-state index contributed by atoms with van der Waals surface area (Å²) in [5.41, 5.74) is 11.0. The van der Waals surface area contributed by atoms with Crippen LogP contribution in [0, 0.1) is 5.92 Å². The molecular formula is C12H21ClN4O3S. The molecule has 1 heterocycles. The molecule has 0 aliphatic heterocycles. The number of primary amides is 1. The molecule has 2 rings (SSSR count). The van der Waals surface area contributed by atoms with Gasteiger partial charge < -0.3 is 16.0 Å². The van der Waals surface area contributed by atoms with Gasteiger partial charge in [-0.05, 0) is 31.4 Å². The third kappa shape index (κ3) is 3.76. The van der Waals surface area contributed by atoms with Crippen LogP contribution in [0.5, 0.6) is 0 Å². The zero-order chi connectivity index (χ0) is 14.9. The highest BCUT2D eigenvalue weighted by Crippen LogP contribution is 2.26. The monoisotopic (exact) mass is 336 g/mol. The Morgan fingerprint density at radius 2 is 2.14 bits per heavy atom. The van der Waals surface area contributed by atoms with Gasteiger partial charge >= 0.3 is 0 Å². The summed E-state index contributed by atoms with van der Waals surface area (Å²) in [6.45, 7) is 0.467. The van der Waals surface area contributed by atoms with Crippen molar-refractivity contribution in [2.45, 2.75) is 30.2 Å². The van der Waals surface area contributed by atoms with Gasteiger partial charge in [0.1, 0.15) is 10.6 Å². The summed E-state index contributed by atoms with van der Waals surface area (Å²) in [4.78, 5) is 11.2. The first-order valence-corrected chi connectivity index (χ1v) is 8.02. The lowest BCUT2D eigenvalue weighted by Gasteiger charge is -2.18. The zero-order valence-electron chi connectivity index (χ0n) is 11.8. The Morgan fingerprint density at radius 1 is 1.48 bits per heavy atom. The molecule has 1 aromatic rings. The number of halogens is 1. The topological polar surface area (TPSA) is 120 Å². The first-order chi connectivity index (χ1) is 9.35. The van der Waals surface area contributed by atoms with Crippen molar-refractivity contribution < 1.29 is 13.2 Å². The Bertz CT molecular complexity index is 614. The van der Waals surface area contributed by atoms with E-state index in [0.717, 1.165) is 19.3 Å². The highest BCUT2D eigenvalue weighted by molar-refractivity contribution is 7.89. The van der Waals surface area contributed by atoms with Crippen LogP contribution < -0.4 is 16.2 Å². The van der Waals surface area contributed by atoms with Crippen LogP contribution in [-0.2, 0) is 17.1 Å². The number of nitrogens with two attached hydrogens (primary N) is 2. The first-order valence-electron chi connectivity index (χ1n) is 6.53. The van der Waals surface area contributed by atoms with Gasteiger partial charge in [-0.2, -0.15) is 0 Å². The molecule has 0 bridgehead atoms. The molecule has 1 saturated carbocycles. The number of hydrogen-bond acceptors (Lipinski definition) is 4. The Hall–Kier alpha value is -1.09. The largest absolute Gasteiger partial charge is 0.364 e. The van der Waals surface area contributed by atoms with Gasteiger partial charge in [-0.25, -0.2) is 13.1 Å². The van der Waals surface area contributed by atoms with E-state index in [4.69, 9.17) is 11.5 Å². The van der Waals surface area contributed by atoms with Gasteiger partial charge in [0, 0.05) is 19.3 Å². The maximum atomic E-state index is 12.3. The molecule has 1 aromatic heterocycles. The summed E-state index contributed by atoms with van der Waals surface area (Å²) in [6.07, 6.45) is 4.08. The number of aromatic nitrogens is 1. The lowest BCUT2D eigenvalue weighted by Crippen LogP contribution is -2.39. The maximum Gasteiger partial charge on any atom is 0.265 e. The van der Waals surface area contributed by atoms with Crippen LogP contribution in [0.15, 0.2) is 17.2 Å². The Balaban J connectivity index is 0.00000220. The van der Waals surface area contributed by atoms with Gasteiger partial charge in [0.15, 0.2) is 0 Å². The highest BCUT2D eigenvalue weighted by Gasteiger charge is 2.31. The number of aryl methyl sites for hydroxylation is 1. The van der Waals surface area contributed by atoms with E-state index < -0.39 is 15.9 Å². The van der Waals surface area contributed by atoms with Crippen LogP contribution in [-0.4, -0.2) is 31.5 Å². The molecule has 1 aliphatic carbocycles. The standard InChI is InChI=1S/C12H20N4O3S.ClH/c1-16-7-9(5-11(16)12(14)17)20(18,19)15-10-4-2-3-8(10)6-13;/h5,7-8,10,15H,2-4,6,13H2,1H3,(H2,14,17);1H. The van der Waals surface area contributed by atoms with Crippen LogP contribution in [0.2, 0.25) is 0 Å². The van der Waals surface area contributed by atoms with Crippen LogP contribution in [0.4, 0.5) is 0 Å². The zero-order valence-corrected chi connectivity index (χ0v) is 13.4. The summed E-state index contributed by atoms with van der Waals surface area (Å²) < 4.78 is 28.7. The number of nitrogens with one attached hydrogen (secondary N) is 1. The number of hydrogen-bond donors (Lipinski definition) is 3. The highest BCUT2D eigenvalue weighted by atomic mass is 35.5. The minimum absolute atomic E-state index is 0. The molecule has 120 valence electrons. The molecule has 7 nitrogen and oxygen atoms in total. The second kappa shape index (κ2) is 6.78. The molecule has 5 N–H and O–H groups in total. The Labute approximate surface area is 130 Å². The molecule has 0 radical (unpaired) electrons. The quantitative estimate of drug-likeness (QED) is 0.698. The van der Waals surface area contributed by atoms with Gasteiger partial charge in [0.05, 0.1) is 0 Å². The van der Waals surface area contributed by atoms with Gasteiger partial charge in [0.25, 0.3) is 5.91 Å². The Morgan fingerprint density at radius 3 is 2.67 bits per heavy atom. The van der Waals surface area contributed by atoms with E-state index >= 15 is 0 Å². The lowest BCUT2D eigenvalue weighted by atomic mass is 10.1. The molecule has 1 fully saturated rings. The number of amides is 1. The smallest absolute Gasteiger partial charge is 0.265 e. The molecular weight excluding hydrogens is 316 g/mol. The maximum absolute atomic E-state index is 12.3. The third-order valence-corrected chi connectivity index (χ3v) is 5.27. The van der Waals surface area contributed by atoms with Crippen molar-refractivity contribution >= 4 is 28.3 Å². The fraction of sp³-hybridized carbons (Fsp3) is 0.583. The summed E-state index contributed by atoms with van der Waals surface area (Å²) in [5, 5.41) is 0. The van der Waals surface area contributed by atoms with Crippen molar-refractivity contribution in [1.82, 2.24) is 9.29 Å². The van der Waals surface area contributed by atoms with E-state index in [2.05, 4.69) is 4.72 Å². The Kier molecular flexibility index (Phi) is 5.80. The summed E-state index contributed by atoms with van der Waals surface area (Å²) in [6, 6.07) is 1.15. The van der Waals surface area contributed by atoms with Crippen LogP contribution in [0.25, 0.3) is 0 Å². The predicted molar refractivity (Wildman–Crippen MR) is 81.7 cm³/mol. The van der Waals surface area contributed by atoms with E-state index in [-0.39, 0.29) is 35.0 Å². The number of nitrogens with zero attached hydrogens (tertiary/aromatic N) is 1. The van der Waals surface area contributed by atoms with Crippen molar-refractivity contribution in [3.63, 3.8) is 0 Å². The number of carbonyl (C=O) groups excluding carboxylic acids is 1. The summed E-state index contributed by atoms with van der Waals surface area (Å²) in [5.74, 6) is -0.487. The van der Waals surface area contributed by atoms with Crippen molar-refractivity contribution in [3.05, 3.63) is 18.0 Å². The first kappa shape index (κ1) is 18.0. The minimum Gasteiger partial charge on any atom is -0.364 e. The van der Waals surface area contributed by atoms with Crippen LogP contribution in [0.1, 0.15) is 29.8 Å². The fourth-order valence-corrected chi connectivity index (χ4v) is 4.08. The van der Waals surface area contributed by atoms with Crippen molar-refractivity contribution in [2.75, 3.05) is 6.54 Å². The predicted octanol–water partition coefficient (Wildman–Crippen LogP) is -0.0485. The summed E-state index contributed by atoms with van der Waals surface area (Å²) in [7, 11) is -2.08. The van der Waals surface area contributed by atoms with Crippen LogP contribution in [0.3, 0.4) is 0 Å². The van der Waals surface area contributed by atoms with Crippen molar-refractivity contribution in [2.24, 2.45) is 24.4 Å². The minimum atomic E-state index is -3.66. The van der Waals surface area contributed by atoms with Gasteiger partial charge in [-0.15, -0.1) is 12.4 Å². The number of carbonyl (C=O) groups is 1. The van der Waals surface area contributed by atoms with E-state index in [1.165, 1.54) is 16.8 Å². The van der Waals surface area contributed by atoms with Gasteiger partial charge in [0.2, 0.25) is 10.0 Å². The molecule has 0 spiro atoms. The molecule has 1 aliphatic rings. The molecule has 2 atom stereocenters. The number of sulfonamides is 1. The SMILES string of the molecule is Cl.Cn1cc(S(=O)(=O)NC2CCCC2CN)cc1C(N)=O. The van der Waals surface area contributed by atoms with E-state index in [9.17, 15) is 13.2 Å². The molecule has 0 saturated heterocycles. The molecule has 2 unspecified atom stereocenters. The average molecular weight is 337 g/mol. The molecule has 9 heteroatoms. The van der Waals surface area contributed by atoms with Crippen molar-refractivity contribution in [3.8, 4) is 0 Å². The number of rotatable bonds is 5. The molecule has 21 heavy (non-hydrogen) atoms. The molecule has 0 aromatic carbocycles. The second-order valence-corrected chi connectivity index (χ2v) is 6.90. The van der Waals surface area contributed by atoms with E-state index in [1.54, 1.807) is 7.05 Å². The summed E-state index contributed by atoms with van der Waals surface area (Å²) >= 11 is 0. The van der Waals surface area contributed by atoms with Crippen LogP contribution >= 0.6 is 12.4 Å². The fourth-order valence-electron chi connectivity index (χ4n) is 2.67. The van der Waals surface area contributed by atoms with E-state index in [1.807, 2.05) is 0 Å². The van der Waals surface area contributed by atoms with Gasteiger partial charge in [-0.1, -0.05) is 6.42 Å². The normalized spacial score (nSPS) is 22.0. The third-order valence-electron chi connectivity index (χ3n) is 3.81. The average Bonchev–Trinajstić information content (AvgIpc) is 2.95. The molecule has 1 amide bonds.